The standard InChI is InChI=1S/C29H38N6O3/c1-29(2,30)28(38)32-24(16-10-13-21-11-6-5-7-12-21)27(37)33-25-19-35(20-31-25)18-23-15-9-8-14-22(23)17-26(36)34(3)4/h5-9,11-12,14-15,19-20,24H,10,13,16-18,30H2,1-4H3,(H,32,38)(H,33,37)/t24-/m1/s1. The zero-order valence-electron chi connectivity index (χ0n) is 22.6. The first-order valence-electron chi connectivity index (χ1n) is 12.8. The molecule has 0 aliphatic heterocycles. The zero-order valence-corrected chi connectivity index (χ0v) is 22.6. The molecule has 9 heteroatoms. The van der Waals surface area contributed by atoms with Gasteiger partial charge in [-0.2, -0.15) is 0 Å². The third kappa shape index (κ3) is 8.55. The SMILES string of the molecule is CN(C)C(=O)Cc1ccccc1Cn1cnc(NC(=O)[C@@H](CCCc2ccccc2)NC(=O)C(C)(C)N)c1. The third-order valence-electron chi connectivity index (χ3n) is 6.20. The number of benzene rings is 2. The lowest BCUT2D eigenvalue weighted by Crippen LogP contribution is -2.54. The smallest absolute Gasteiger partial charge is 0.248 e. The Labute approximate surface area is 224 Å². The number of hydrogen-bond donors (Lipinski definition) is 3. The lowest BCUT2D eigenvalue weighted by atomic mass is 10.0. The van der Waals surface area contributed by atoms with Gasteiger partial charge in [0.05, 0.1) is 18.3 Å². The van der Waals surface area contributed by atoms with E-state index in [1.165, 1.54) is 5.56 Å². The van der Waals surface area contributed by atoms with E-state index in [1.807, 2.05) is 59.2 Å². The minimum absolute atomic E-state index is 0.0250. The van der Waals surface area contributed by atoms with Crippen molar-refractivity contribution in [3.05, 3.63) is 83.8 Å². The highest BCUT2D eigenvalue weighted by atomic mass is 16.2. The summed E-state index contributed by atoms with van der Waals surface area (Å²) in [6, 6.07) is 17.0. The van der Waals surface area contributed by atoms with Gasteiger partial charge < -0.3 is 25.8 Å². The van der Waals surface area contributed by atoms with Gasteiger partial charge in [-0.05, 0) is 49.8 Å². The first-order valence-corrected chi connectivity index (χ1v) is 12.8. The van der Waals surface area contributed by atoms with Gasteiger partial charge in [-0.15, -0.1) is 0 Å². The van der Waals surface area contributed by atoms with E-state index >= 15 is 0 Å². The number of nitrogens with zero attached hydrogens (tertiary/aromatic N) is 3. The Morgan fingerprint density at radius 1 is 1.03 bits per heavy atom. The van der Waals surface area contributed by atoms with Crippen LogP contribution >= 0.6 is 0 Å². The average molecular weight is 519 g/mol. The van der Waals surface area contributed by atoms with Crippen molar-refractivity contribution in [2.45, 2.75) is 57.7 Å². The summed E-state index contributed by atoms with van der Waals surface area (Å²) in [7, 11) is 3.48. The number of anilines is 1. The molecule has 0 aliphatic rings. The summed E-state index contributed by atoms with van der Waals surface area (Å²) in [5.41, 5.74) is 7.95. The molecule has 202 valence electrons. The molecule has 1 atom stereocenters. The predicted molar refractivity (Wildman–Crippen MR) is 148 cm³/mol. The van der Waals surface area contributed by atoms with E-state index in [0.717, 1.165) is 17.5 Å². The topological polar surface area (TPSA) is 122 Å². The number of rotatable bonds is 12. The van der Waals surface area contributed by atoms with Crippen molar-refractivity contribution >= 4 is 23.5 Å². The van der Waals surface area contributed by atoms with Crippen molar-refractivity contribution < 1.29 is 14.4 Å². The van der Waals surface area contributed by atoms with Crippen molar-refractivity contribution in [1.82, 2.24) is 19.8 Å². The van der Waals surface area contributed by atoms with Crippen molar-refractivity contribution in [1.29, 1.82) is 0 Å². The Kier molecular flexibility index (Phi) is 9.78. The molecule has 0 aliphatic carbocycles. The first kappa shape index (κ1) is 28.6. The number of nitrogens with one attached hydrogen (secondary N) is 2. The highest BCUT2D eigenvalue weighted by Crippen LogP contribution is 2.15. The molecule has 3 amide bonds. The molecular weight excluding hydrogens is 480 g/mol. The van der Waals surface area contributed by atoms with E-state index in [-0.39, 0.29) is 11.8 Å². The van der Waals surface area contributed by atoms with Gasteiger partial charge in [0.2, 0.25) is 17.7 Å². The normalized spacial score (nSPS) is 12.0. The second-order valence-electron chi connectivity index (χ2n) is 10.3. The van der Waals surface area contributed by atoms with Crippen LogP contribution in [0.4, 0.5) is 5.82 Å². The van der Waals surface area contributed by atoms with Crippen molar-refractivity contribution in [2.75, 3.05) is 19.4 Å². The maximum atomic E-state index is 13.2. The molecule has 9 nitrogen and oxygen atoms in total. The molecule has 3 rings (SSSR count). The van der Waals surface area contributed by atoms with E-state index in [0.29, 0.717) is 31.6 Å². The van der Waals surface area contributed by atoms with Crippen LogP contribution in [-0.2, 0) is 33.8 Å². The molecule has 0 unspecified atom stereocenters. The van der Waals surface area contributed by atoms with Crippen LogP contribution in [0.1, 0.15) is 43.4 Å². The maximum absolute atomic E-state index is 13.2. The largest absolute Gasteiger partial charge is 0.349 e. The van der Waals surface area contributed by atoms with Gasteiger partial charge >= 0.3 is 0 Å². The molecule has 0 spiro atoms. The molecule has 4 N–H and O–H groups in total. The number of carbonyl (C=O) groups excluding carboxylic acids is 3. The van der Waals surface area contributed by atoms with Crippen LogP contribution in [0.3, 0.4) is 0 Å². The summed E-state index contributed by atoms with van der Waals surface area (Å²) in [6.07, 6.45) is 5.63. The number of likely N-dealkylation sites (N-methyl/N-ethyl adjacent to an activating group) is 1. The van der Waals surface area contributed by atoms with Crippen LogP contribution in [0.25, 0.3) is 0 Å². The Bertz CT molecular complexity index is 1230. The fourth-order valence-corrected chi connectivity index (χ4v) is 3.89. The lowest BCUT2D eigenvalue weighted by Gasteiger charge is -2.23. The first-order chi connectivity index (χ1) is 18.0. The third-order valence-corrected chi connectivity index (χ3v) is 6.20. The van der Waals surface area contributed by atoms with Gasteiger partial charge in [-0.1, -0.05) is 54.6 Å². The van der Waals surface area contributed by atoms with E-state index in [2.05, 4.69) is 15.6 Å². The summed E-state index contributed by atoms with van der Waals surface area (Å²) in [6.45, 7) is 3.71. The quantitative estimate of drug-likeness (QED) is 0.340. The molecule has 3 aromatic rings. The van der Waals surface area contributed by atoms with Crippen LogP contribution in [0, 0.1) is 0 Å². The minimum atomic E-state index is -1.11. The molecule has 38 heavy (non-hydrogen) atoms. The number of aromatic nitrogens is 2. The summed E-state index contributed by atoms with van der Waals surface area (Å²) >= 11 is 0. The molecule has 0 bridgehead atoms. The van der Waals surface area contributed by atoms with Gasteiger partial charge in [0.1, 0.15) is 6.04 Å². The van der Waals surface area contributed by atoms with E-state index < -0.39 is 17.5 Å². The Morgan fingerprint density at radius 2 is 1.68 bits per heavy atom. The van der Waals surface area contributed by atoms with Gasteiger partial charge in [0, 0.05) is 26.8 Å². The molecule has 0 saturated carbocycles. The number of amides is 3. The molecule has 0 fully saturated rings. The number of carbonyl (C=O) groups is 3. The summed E-state index contributed by atoms with van der Waals surface area (Å²) in [4.78, 5) is 43.8. The lowest BCUT2D eigenvalue weighted by molar-refractivity contribution is -0.129. The van der Waals surface area contributed by atoms with Crippen LogP contribution in [0.2, 0.25) is 0 Å². The van der Waals surface area contributed by atoms with E-state index in [4.69, 9.17) is 5.73 Å². The highest BCUT2D eigenvalue weighted by Gasteiger charge is 2.28. The maximum Gasteiger partial charge on any atom is 0.248 e. The Balaban J connectivity index is 1.66. The van der Waals surface area contributed by atoms with E-state index in [1.54, 1.807) is 45.4 Å². The van der Waals surface area contributed by atoms with Crippen molar-refractivity contribution in [2.24, 2.45) is 5.73 Å². The van der Waals surface area contributed by atoms with Crippen LogP contribution < -0.4 is 16.4 Å². The fraction of sp³-hybridized carbons (Fsp3) is 0.379. The number of imidazole rings is 1. The van der Waals surface area contributed by atoms with Gasteiger partial charge in [-0.25, -0.2) is 4.98 Å². The van der Waals surface area contributed by atoms with Gasteiger partial charge in [0.25, 0.3) is 0 Å². The number of nitrogens with two attached hydrogens (primary N) is 1. The number of aryl methyl sites for hydroxylation is 1. The molecule has 1 heterocycles. The fourth-order valence-electron chi connectivity index (χ4n) is 3.89. The monoisotopic (exact) mass is 518 g/mol. The molecule has 1 aromatic heterocycles. The number of hydrogen-bond acceptors (Lipinski definition) is 5. The second kappa shape index (κ2) is 13.0. The Hall–Kier alpha value is -3.98. The highest BCUT2D eigenvalue weighted by molar-refractivity contribution is 5.97. The van der Waals surface area contributed by atoms with Crippen molar-refractivity contribution in [3.8, 4) is 0 Å². The van der Waals surface area contributed by atoms with Crippen LogP contribution in [-0.4, -0.2) is 57.8 Å². The zero-order chi connectivity index (χ0) is 27.7. The summed E-state index contributed by atoms with van der Waals surface area (Å²) < 4.78 is 1.85. The van der Waals surface area contributed by atoms with Gasteiger partial charge in [-0.3, -0.25) is 14.4 Å². The summed E-state index contributed by atoms with van der Waals surface area (Å²) in [5, 5.41) is 5.63. The molecular formula is C29H38N6O3. The molecule has 0 radical (unpaired) electrons. The minimum Gasteiger partial charge on any atom is -0.349 e. The molecule has 2 aromatic carbocycles. The second-order valence-corrected chi connectivity index (χ2v) is 10.3. The van der Waals surface area contributed by atoms with Crippen LogP contribution in [0.15, 0.2) is 67.1 Å². The van der Waals surface area contributed by atoms with Crippen LogP contribution in [0.5, 0.6) is 0 Å². The van der Waals surface area contributed by atoms with Gasteiger partial charge in [0.15, 0.2) is 5.82 Å². The Morgan fingerprint density at radius 3 is 2.34 bits per heavy atom. The predicted octanol–water partition coefficient (Wildman–Crippen LogP) is 2.75. The average Bonchev–Trinajstić information content (AvgIpc) is 3.31. The van der Waals surface area contributed by atoms with E-state index in [9.17, 15) is 14.4 Å². The molecule has 0 saturated heterocycles. The summed E-state index contributed by atoms with van der Waals surface area (Å²) in [5.74, 6) is -0.340. The van der Waals surface area contributed by atoms with Crippen molar-refractivity contribution in [3.63, 3.8) is 0 Å².